The Labute approximate surface area is 116 Å². The highest BCUT2D eigenvalue weighted by Gasteiger charge is 2.38. The summed E-state index contributed by atoms with van der Waals surface area (Å²) < 4.78 is 17.5. The molecule has 3 nitrogen and oxygen atoms in total. The summed E-state index contributed by atoms with van der Waals surface area (Å²) in [6.45, 7) is 10.1. The van der Waals surface area contributed by atoms with Gasteiger partial charge in [0.1, 0.15) is 0 Å². The van der Waals surface area contributed by atoms with Crippen molar-refractivity contribution in [1.82, 2.24) is 0 Å². The average Bonchev–Trinajstić information content (AvgIpc) is 2.35. The van der Waals surface area contributed by atoms with E-state index in [0.29, 0.717) is 25.4 Å². The molecule has 0 aliphatic rings. The molecule has 0 aromatic rings. The number of ether oxygens (including phenoxy) is 3. The minimum atomic E-state index is -0.781. The van der Waals surface area contributed by atoms with Gasteiger partial charge in [0.25, 0.3) is 5.97 Å². The maximum absolute atomic E-state index is 5.82. The summed E-state index contributed by atoms with van der Waals surface area (Å²) in [5.41, 5.74) is 0.397. The third kappa shape index (κ3) is 6.32. The Kier molecular flexibility index (Phi) is 11.0. The monoisotopic (exact) mass is 276 g/mol. The minimum absolute atomic E-state index is 0.397. The first kappa shape index (κ1) is 18.1. The summed E-state index contributed by atoms with van der Waals surface area (Å²) in [5.74, 6) is -0.781. The van der Waals surface area contributed by atoms with Crippen molar-refractivity contribution in [2.45, 2.75) is 71.3 Å². The Morgan fingerprint density at radius 1 is 0.833 bits per heavy atom. The first-order valence-corrected chi connectivity index (χ1v) is 8.74. The average molecular weight is 276 g/mol. The molecule has 4 heteroatoms. The topological polar surface area (TPSA) is 27.7 Å². The molecular weight excluding hydrogens is 244 g/mol. The summed E-state index contributed by atoms with van der Waals surface area (Å²) in [4.78, 5) is 0. The Morgan fingerprint density at radius 3 is 1.72 bits per heavy atom. The van der Waals surface area contributed by atoms with Crippen molar-refractivity contribution in [3.05, 3.63) is 0 Å². The summed E-state index contributed by atoms with van der Waals surface area (Å²) in [5, 5.41) is 0. The van der Waals surface area contributed by atoms with Crippen molar-refractivity contribution in [3.8, 4) is 0 Å². The SMILES string of the molecule is CCCCCCC([SiH3])C(OCC)(OCC)OCC. The third-order valence-corrected chi connectivity index (χ3v) is 4.42. The van der Waals surface area contributed by atoms with Crippen molar-refractivity contribution >= 4 is 10.2 Å². The van der Waals surface area contributed by atoms with Crippen LogP contribution in [0.15, 0.2) is 0 Å². The summed E-state index contributed by atoms with van der Waals surface area (Å²) >= 11 is 0. The van der Waals surface area contributed by atoms with Gasteiger partial charge in [-0.15, -0.1) is 0 Å². The molecule has 0 heterocycles. The predicted molar refractivity (Wildman–Crippen MR) is 80.1 cm³/mol. The second-order valence-electron chi connectivity index (χ2n) is 4.65. The molecule has 0 aromatic carbocycles. The van der Waals surface area contributed by atoms with Gasteiger partial charge in [-0.05, 0) is 27.2 Å². The lowest BCUT2D eigenvalue weighted by atomic mass is 10.1. The maximum Gasteiger partial charge on any atom is 0.282 e. The fourth-order valence-electron chi connectivity index (χ4n) is 2.21. The van der Waals surface area contributed by atoms with Crippen molar-refractivity contribution in [1.29, 1.82) is 0 Å². The highest BCUT2D eigenvalue weighted by Crippen LogP contribution is 2.32. The zero-order valence-corrected chi connectivity index (χ0v) is 15.0. The molecule has 0 rings (SSSR count). The van der Waals surface area contributed by atoms with E-state index in [4.69, 9.17) is 14.2 Å². The number of rotatable bonds is 12. The molecule has 0 aliphatic heterocycles. The largest absolute Gasteiger partial charge is 0.328 e. The van der Waals surface area contributed by atoms with Crippen LogP contribution < -0.4 is 0 Å². The molecular formula is C14H32O3Si. The van der Waals surface area contributed by atoms with Gasteiger partial charge in [0, 0.05) is 35.6 Å². The van der Waals surface area contributed by atoms with E-state index < -0.39 is 5.97 Å². The summed E-state index contributed by atoms with van der Waals surface area (Å²) in [6, 6.07) is 0. The van der Waals surface area contributed by atoms with E-state index in [2.05, 4.69) is 6.92 Å². The van der Waals surface area contributed by atoms with Gasteiger partial charge in [0.15, 0.2) is 0 Å². The predicted octanol–water partition coefficient (Wildman–Crippen LogP) is 2.87. The van der Waals surface area contributed by atoms with E-state index in [1.165, 1.54) is 25.7 Å². The van der Waals surface area contributed by atoms with Gasteiger partial charge in [0.2, 0.25) is 0 Å². The quantitative estimate of drug-likeness (QED) is 0.312. The highest BCUT2D eigenvalue weighted by molar-refractivity contribution is 6.12. The van der Waals surface area contributed by atoms with Crippen LogP contribution in [0.2, 0.25) is 5.54 Å². The Morgan fingerprint density at radius 2 is 1.33 bits per heavy atom. The minimum Gasteiger partial charge on any atom is -0.328 e. The van der Waals surface area contributed by atoms with Gasteiger partial charge in [0.05, 0.1) is 0 Å². The number of hydrogen-bond donors (Lipinski definition) is 0. The molecule has 0 amide bonds. The third-order valence-electron chi connectivity index (χ3n) is 3.13. The molecule has 18 heavy (non-hydrogen) atoms. The van der Waals surface area contributed by atoms with Crippen LogP contribution in [0.3, 0.4) is 0 Å². The smallest absolute Gasteiger partial charge is 0.282 e. The van der Waals surface area contributed by atoms with Gasteiger partial charge in [-0.2, -0.15) is 0 Å². The summed E-state index contributed by atoms with van der Waals surface area (Å²) in [7, 11) is 1.03. The van der Waals surface area contributed by atoms with Gasteiger partial charge in [-0.3, -0.25) is 0 Å². The van der Waals surface area contributed by atoms with Crippen LogP contribution in [-0.2, 0) is 14.2 Å². The van der Waals surface area contributed by atoms with Crippen molar-refractivity contribution in [2.75, 3.05) is 19.8 Å². The molecule has 1 unspecified atom stereocenters. The Balaban J connectivity index is 4.39. The molecule has 0 spiro atoms. The van der Waals surface area contributed by atoms with Crippen LogP contribution in [0, 0.1) is 0 Å². The number of unbranched alkanes of at least 4 members (excludes halogenated alkanes) is 3. The van der Waals surface area contributed by atoms with Gasteiger partial charge >= 0.3 is 0 Å². The molecule has 0 aromatic heterocycles. The van der Waals surface area contributed by atoms with Gasteiger partial charge in [-0.25, -0.2) is 0 Å². The fourth-order valence-corrected chi connectivity index (χ4v) is 3.12. The second kappa shape index (κ2) is 11.0. The summed E-state index contributed by atoms with van der Waals surface area (Å²) in [6.07, 6.45) is 6.29. The van der Waals surface area contributed by atoms with Crippen LogP contribution in [0.25, 0.3) is 0 Å². The molecule has 1 atom stereocenters. The first-order chi connectivity index (χ1) is 8.66. The zero-order chi connectivity index (χ0) is 13.9. The van der Waals surface area contributed by atoms with E-state index in [-0.39, 0.29) is 0 Å². The van der Waals surface area contributed by atoms with Crippen LogP contribution >= 0.6 is 0 Å². The first-order valence-electron chi connectivity index (χ1n) is 7.58. The molecule has 110 valence electrons. The normalized spacial score (nSPS) is 14.0. The zero-order valence-electron chi connectivity index (χ0n) is 13.0. The Bertz CT molecular complexity index is 171. The standard InChI is InChI=1S/C14H32O3Si/c1-5-9-10-11-12-13(18)14(15-6-2,16-7-3)17-8-4/h13H,5-12H2,1-4,18H3. The molecule has 0 aliphatic carbocycles. The van der Waals surface area contributed by atoms with Crippen LogP contribution in [0.5, 0.6) is 0 Å². The fraction of sp³-hybridized carbons (Fsp3) is 1.00. The van der Waals surface area contributed by atoms with Crippen molar-refractivity contribution < 1.29 is 14.2 Å². The highest BCUT2D eigenvalue weighted by atomic mass is 28.1. The molecule has 0 saturated carbocycles. The lowest BCUT2D eigenvalue weighted by molar-refractivity contribution is -0.379. The van der Waals surface area contributed by atoms with Crippen LogP contribution in [-0.4, -0.2) is 36.0 Å². The molecule has 0 fully saturated rings. The molecule has 0 radical (unpaired) electrons. The van der Waals surface area contributed by atoms with Crippen LogP contribution in [0.4, 0.5) is 0 Å². The molecule has 0 bridgehead atoms. The van der Waals surface area contributed by atoms with E-state index in [1.54, 1.807) is 0 Å². The van der Waals surface area contributed by atoms with Gasteiger partial charge in [-0.1, -0.05) is 32.6 Å². The Hall–Kier alpha value is 0.0969. The van der Waals surface area contributed by atoms with E-state index >= 15 is 0 Å². The van der Waals surface area contributed by atoms with Crippen molar-refractivity contribution in [2.24, 2.45) is 0 Å². The van der Waals surface area contributed by atoms with Crippen molar-refractivity contribution in [3.63, 3.8) is 0 Å². The second-order valence-corrected chi connectivity index (χ2v) is 6.05. The van der Waals surface area contributed by atoms with E-state index in [9.17, 15) is 0 Å². The molecule has 0 N–H and O–H groups in total. The molecule has 0 saturated heterocycles. The lowest BCUT2D eigenvalue weighted by Gasteiger charge is -2.37. The van der Waals surface area contributed by atoms with E-state index in [0.717, 1.165) is 16.7 Å². The lowest BCUT2D eigenvalue weighted by Crippen LogP contribution is -2.44. The maximum atomic E-state index is 5.82. The van der Waals surface area contributed by atoms with Crippen LogP contribution in [0.1, 0.15) is 59.8 Å². The number of hydrogen-bond acceptors (Lipinski definition) is 3. The van der Waals surface area contributed by atoms with Gasteiger partial charge < -0.3 is 14.2 Å². The van der Waals surface area contributed by atoms with E-state index in [1.807, 2.05) is 20.8 Å².